The van der Waals surface area contributed by atoms with E-state index in [0.29, 0.717) is 23.8 Å². The van der Waals surface area contributed by atoms with E-state index < -0.39 is 0 Å². The second-order valence-corrected chi connectivity index (χ2v) is 5.17. The van der Waals surface area contributed by atoms with Crippen LogP contribution in [0.4, 0.5) is 11.8 Å². The third-order valence-electron chi connectivity index (χ3n) is 3.11. The molecule has 8 heteroatoms. The van der Waals surface area contributed by atoms with E-state index in [1.807, 2.05) is 18.2 Å². The Bertz CT molecular complexity index is 847. The van der Waals surface area contributed by atoms with Crippen molar-refractivity contribution in [3.05, 3.63) is 59.4 Å². The monoisotopic (exact) mass is 324 g/mol. The third kappa shape index (κ3) is 3.92. The quantitative estimate of drug-likeness (QED) is 0.740. The van der Waals surface area contributed by atoms with Crippen LogP contribution in [0, 0.1) is 13.8 Å². The van der Waals surface area contributed by atoms with E-state index in [4.69, 9.17) is 4.52 Å². The van der Waals surface area contributed by atoms with E-state index >= 15 is 0 Å². The first-order valence-electron chi connectivity index (χ1n) is 7.34. The van der Waals surface area contributed by atoms with Gasteiger partial charge in [-0.05, 0) is 32.0 Å². The molecule has 0 saturated heterocycles. The van der Waals surface area contributed by atoms with Gasteiger partial charge in [0.25, 0.3) is 5.91 Å². The zero-order chi connectivity index (χ0) is 16.9. The predicted octanol–water partition coefficient (Wildman–Crippen LogP) is 2.15. The van der Waals surface area contributed by atoms with Gasteiger partial charge in [-0.25, -0.2) is 9.97 Å². The maximum absolute atomic E-state index is 12.3. The van der Waals surface area contributed by atoms with Crippen LogP contribution in [0.25, 0.3) is 0 Å². The second-order valence-electron chi connectivity index (χ2n) is 5.17. The summed E-state index contributed by atoms with van der Waals surface area (Å²) in [6.45, 7) is 3.90. The largest absolute Gasteiger partial charge is 0.360 e. The Hall–Kier alpha value is -3.29. The van der Waals surface area contributed by atoms with Crippen molar-refractivity contribution in [1.29, 1.82) is 0 Å². The van der Waals surface area contributed by atoms with Crippen molar-refractivity contribution in [3.8, 4) is 0 Å². The summed E-state index contributed by atoms with van der Waals surface area (Å²) < 4.78 is 4.98. The summed E-state index contributed by atoms with van der Waals surface area (Å²) in [5.74, 6) is 1.13. The van der Waals surface area contributed by atoms with Crippen LogP contribution in [0.15, 0.2) is 41.1 Å². The Kier molecular flexibility index (Phi) is 4.46. The Morgan fingerprint density at radius 3 is 2.79 bits per heavy atom. The van der Waals surface area contributed by atoms with Crippen molar-refractivity contribution in [2.24, 2.45) is 0 Å². The molecule has 1 amide bonds. The molecule has 0 aliphatic rings. The molecule has 0 atom stereocenters. The molecule has 3 heterocycles. The second kappa shape index (κ2) is 6.86. The molecule has 3 aromatic heterocycles. The van der Waals surface area contributed by atoms with E-state index in [-0.39, 0.29) is 17.5 Å². The average molecular weight is 324 g/mol. The summed E-state index contributed by atoms with van der Waals surface area (Å²) in [5.41, 5.74) is 1.70. The summed E-state index contributed by atoms with van der Waals surface area (Å²) in [5, 5.41) is 9.52. The van der Waals surface area contributed by atoms with E-state index in [1.165, 1.54) is 0 Å². The van der Waals surface area contributed by atoms with Gasteiger partial charge in [0, 0.05) is 18.0 Å². The van der Waals surface area contributed by atoms with Gasteiger partial charge in [0.2, 0.25) is 5.95 Å². The first kappa shape index (κ1) is 15.6. The van der Waals surface area contributed by atoms with Gasteiger partial charge in [0.1, 0.15) is 11.5 Å². The molecule has 122 valence electrons. The molecule has 8 nitrogen and oxygen atoms in total. The highest BCUT2D eigenvalue weighted by molar-refractivity contribution is 5.92. The Balaban J connectivity index is 1.71. The molecule has 3 rings (SSSR count). The van der Waals surface area contributed by atoms with Gasteiger partial charge in [-0.2, -0.15) is 0 Å². The molecule has 3 aromatic rings. The van der Waals surface area contributed by atoms with Crippen molar-refractivity contribution >= 4 is 17.7 Å². The lowest BCUT2D eigenvalue weighted by Crippen LogP contribution is -2.24. The molecular weight excluding hydrogens is 308 g/mol. The smallest absolute Gasteiger partial charge is 0.270 e. The zero-order valence-corrected chi connectivity index (χ0v) is 13.3. The average Bonchev–Trinajstić information content (AvgIpc) is 2.98. The molecule has 0 unspecified atom stereocenters. The standard InChI is InChI=1S/C16H16N6O2/c1-10-7-13(15(23)18-9-12-5-3-4-6-17-12)20-16(19-10)21-14-8-11(2)24-22-14/h3-8H,9H2,1-2H3,(H,18,23)(H,19,20,21,22). The molecule has 2 N–H and O–H groups in total. The minimum absolute atomic E-state index is 0.265. The van der Waals surface area contributed by atoms with Crippen molar-refractivity contribution in [1.82, 2.24) is 25.4 Å². The Labute approximate surface area is 138 Å². The third-order valence-corrected chi connectivity index (χ3v) is 3.11. The number of nitrogens with zero attached hydrogens (tertiary/aromatic N) is 4. The first-order valence-corrected chi connectivity index (χ1v) is 7.34. The first-order chi connectivity index (χ1) is 11.6. The van der Waals surface area contributed by atoms with Crippen LogP contribution in [0.3, 0.4) is 0 Å². The Morgan fingerprint density at radius 1 is 1.21 bits per heavy atom. The fourth-order valence-corrected chi connectivity index (χ4v) is 2.04. The molecular formula is C16H16N6O2. The lowest BCUT2D eigenvalue weighted by Gasteiger charge is -2.07. The van der Waals surface area contributed by atoms with Crippen LogP contribution < -0.4 is 10.6 Å². The minimum atomic E-state index is -0.300. The number of nitrogens with one attached hydrogen (secondary N) is 2. The van der Waals surface area contributed by atoms with Crippen LogP contribution in [0.2, 0.25) is 0 Å². The normalized spacial score (nSPS) is 10.4. The van der Waals surface area contributed by atoms with Gasteiger partial charge in [-0.15, -0.1) is 0 Å². The SMILES string of the molecule is Cc1cc(C(=O)NCc2ccccn2)nc(Nc2cc(C)on2)n1. The van der Waals surface area contributed by atoms with E-state index in [9.17, 15) is 4.79 Å². The molecule has 0 saturated carbocycles. The molecule has 0 spiro atoms. The molecule has 0 aromatic carbocycles. The van der Waals surface area contributed by atoms with Gasteiger partial charge in [0.05, 0.1) is 12.2 Å². The van der Waals surface area contributed by atoms with Crippen molar-refractivity contribution in [2.45, 2.75) is 20.4 Å². The van der Waals surface area contributed by atoms with E-state index in [2.05, 4.69) is 30.7 Å². The fraction of sp³-hybridized carbons (Fsp3) is 0.188. The number of aryl methyl sites for hydroxylation is 2. The van der Waals surface area contributed by atoms with Gasteiger partial charge >= 0.3 is 0 Å². The van der Waals surface area contributed by atoms with Crippen LogP contribution >= 0.6 is 0 Å². The van der Waals surface area contributed by atoms with Gasteiger partial charge < -0.3 is 15.2 Å². The number of amides is 1. The molecule has 24 heavy (non-hydrogen) atoms. The summed E-state index contributed by atoms with van der Waals surface area (Å²) in [6.07, 6.45) is 1.68. The lowest BCUT2D eigenvalue weighted by molar-refractivity contribution is 0.0945. The summed E-state index contributed by atoms with van der Waals surface area (Å²) in [4.78, 5) is 24.9. The number of hydrogen-bond acceptors (Lipinski definition) is 7. The fourth-order valence-electron chi connectivity index (χ4n) is 2.04. The maximum atomic E-state index is 12.3. The number of pyridine rings is 1. The van der Waals surface area contributed by atoms with Crippen LogP contribution in [-0.4, -0.2) is 26.0 Å². The number of hydrogen-bond donors (Lipinski definition) is 2. The number of carbonyl (C=O) groups excluding carboxylic acids is 1. The highest BCUT2D eigenvalue weighted by Crippen LogP contribution is 2.13. The summed E-state index contributed by atoms with van der Waals surface area (Å²) >= 11 is 0. The number of anilines is 2. The molecule has 0 radical (unpaired) electrons. The molecule has 0 aliphatic heterocycles. The Morgan fingerprint density at radius 2 is 2.08 bits per heavy atom. The zero-order valence-electron chi connectivity index (χ0n) is 13.3. The van der Waals surface area contributed by atoms with Crippen LogP contribution in [0.5, 0.6) is 0 Å². The highest BCUT2D eigenvalue weighted by Gasteiger charge is 2.12. The van der Waals surface area contributed by atoms with E-state index in [1.54, 1.807) is 32.2 Å². The van der Waals surface area contributed by atoms with E-state index in [0.717, 1.165) is 5.69 Å². The minimum Gasteiger partial charge on any atom is -0.360 e. The van der Waals surface area contributed by atoms with Crippen LogP contribution in [0.1, 0.15) is 27.6 Å². The summed E-state index contributed by atoms with van der Waals surface area (Å²) in [7, 11) is 0. The number of rotatable bonds is 5. The van der Waals surface area contributed by atoms with Gasteiger partial charge in [0.15, 0.2) is 5.82 Å². The number of carbonyl (C=O) groups is 1. The molecule has 0 bridgehead atoms. The van der Waals surface area contributed by atoms with Gasteiger partial charge in [-0.1, -0.05) is 11.2 Å². The highest BCUT2D eigenvalue weighted by atomic mass is 16.5. The van der Waals surface area contributed by atoms with Gasteiger partial charge in [-0.3, -0.25) is 9.78 Å². The van der Waals surface area contributed by atoms with Crippen LogP contribution in [-0.2, 0) is 6.54 Å². The predicted molar refractivity (Wildman–Crippen MR) is 86.7 cm³/mol. The molecule has 0 aliphatic carbocycles. The maximum Gasteiger partial charge on any atom is 0.270 e. The molecule has 0 fully saturated rings. The topological polar surface area (TPSA) is 106 Å². The summed E-state index contributed by atoms with van der Waals surface area (Å²) in [6, 6.07) is 8.86. The van der Waals surface area contributed by atoms with Crippen molar-refractivity contribution in [3.63, 3.8) is 0 Å². The van der Waals surface area contributed by atoms with Crippen molar-refractivity contribution < 1.29 is 9.32 Å². The lowest BCUT2D eigenvalue weighted by atomic mass is 10.3. The number of aromatic nitrogens is 4. The van der Waals surface area contributed by atoms with Crippen molar-refractivity contribution in [2.75, 3.05) is 5.32 Å².